The van der Waals surface area contributed by atoms with Gasteiger partial charge in [-0.2, -0.15) is 22.5 Å². The highest BCUT2D eigenvalue weighted by molar-refractivity contribution is 7.80. The molecule has 396 valence electrons. The maximum absolute atomic E-state index is 13.0. The van der Waals surface area contributed by atoms with Gasteiger partial charge in [-0.05, 0) is 77.4 Å². The fourth-order valence-electron chi connectivity index (χ4n) is 7.45. The molecule has 26 heteroatoms. The van der Waals surface area contributed by atoms with E-state index < -0.39 is 33.1 Å². The number of nitrogens with zero attached hydrogens (tertiary/aromatic N) is 4. The first kappa shape index (κ1) is 55.0. The molecule has 0 bridgehead atoms. The van der Waals surface area contributed by atoms with Crippen LogP contribution in [0.2, 0.25) is 0 Å². The van der Waals surface area contributed by atoms with Crippen molar-refractivity contribution in [2.75, 3.05) is 0 Å². The number of hydrogen-bond acceptors (Lipinski definition) is 10. The number of aromatic nitrogens is 8. The smallest absolute Gasteiger partial charge is 0.374 e. The van der Waals surface area contributed by atoms with Crippen LogP contribution >= 0.6 is 12.2 Å². The van der Waals surface area contributed by atoms with Gasteiger partial charge in [0.05, 0.1) is 43.7 Å². The van der Waals surface area contributed by atoms with Gasteiger partial charge in [-0.1, -0.05) is 84.9 Å². The monoisotopic (exact) mass is 1080 g/mol. The number of hydrogen-bond donors (Lipinski definition) is 9. The highest BCUT2D eigenvalue weighted by Crippen LogP contribution is 2.32. The number of thiocarbonyl (C=S) groups is 1. The highest BCUT2D eigenvalue weighted by atomic mass is 32.1. The zero-order chi connectivity index (χ0) is 56.3. The summed E-state index contributed by atoms with van der Waals surface area (Å²) in [5.41, 5.74) is 16.0. The molecule has 11 N–H and O–H groups in total. The molecule has 0 aliphatic heterocycles. The first-order valence-electron chi connectivity index (χ1n) is 22.6. The van der Waals surface area contributed by atoms with Gasteiger partial charge in [-0.3, -0.25) is 75.4 Å². The molecule has 0 saturated heterocycles. The van der Waals surface area contributed by atoms with Crippen molar-refractivity contribution in [1.29, 1.82) is 5.41 Å². The molecule has 0 aliphatic carbocycles. The first-order chi connectivity index (χ1) is 37.2. The van der Waals surface area contributed by atoms with Gasteiger partial charge in [0, 0.05) is 65.1 Å². The zero-order valence-electron chi connectivity index (χ0n) is 40.0. The number of benzene rings is 6. The molecule has 0 saturated carbocycles. The number of non-ortho nitro benzene ring substituents is 2. The Balaban J connectivity index is 0.000000152. The topological polar surface area (TPSA) is 335 Å². The third-order valence-corrected chi connectivity index (χ3v) is 11.4. The van der Waals surface area contributed by atoms with Crippen LogP contribution in [0.5, 0.6) is 0 Å². The minimum absolute atomic E-state index is 0.0186. The predicted octanol–water partition coefficient (Wildman–Crippen LogP) is 8.49. The number of rotatable bonds is 9. The largest absolute Gasteiger partial charge is 0.416 e. The average Bonchev–Trinajstić information content (AvgIpc) is 4.25. The van der Waals surface area contributed by atoms with E-state index >= 15 is 0 Å². The maximum Gasteiger partial charge on any atom is 0.416 e. The van der Waals surface area contributed by atoms with Crippen molar-refractivity contribution < 1.29 is 27.4 Å². The fourth-order valence-corrected chi connectivity index (χ4v) is 7.58. The van der Waals surface area contributed by atoms with Crippen molar-refractivity contribution >= 4 is 34.7 Å². The van der Waals surface area contributed by atoms with Gasteiger partial charge in [-0.25, -0.2) is 4.39 Å². The summed E-state index contributed by atoms with van der Waals surface area (Å²) < 4.78 is 52.7. The van der Waals surface area contributed by atoms with E-state index in [1.165, 1.54) is 84.9 Å². The third-order valence-electron chi connectivity index (χ3n) is 11.3. The Bertz CT molecular complexity index is 3860. The third kappa shape index (κ3) is 13.5. The molecule has 78 heavy (non-hydrogen) atoms. The normalized spacial score (nSPS) is 10.7. The molecule has 0 fully saturated rings. The standard InChI is InChI=1S/C17H12F4N2O.C15H12N2O.C10H9N5O3.C10H8N4O3S/c18-13-7-1-10(2-8-13)9-14-15(22-23-16(14)24)11-3-5-12(6-4-11)17(19,20)21;18-15-13(11-7-3-1-4-8-11)14(16-17-15)12-9-5-2-6-10-12;11-10(12)14-9(16)5-8(13-14)6-1-3-7(4-2-6)15(17)18;11-10(18)13-9(15)5-8(12-13)6-1-3-7(4-2-6)14(16)17/h1-8H,9H2,(H2,22,23,24);1-10H,(H2,16,17,18);1-5,13H,(H3,11,12);1-5,12H,(H2,11,18). The van der Waals surface area contributed by atoms with Crippen molar-refractivity contribution in [3.05, 3.63) is 254 Å². The predicted molar refractivity (Wildman–Crippen MR) is 287 cm³/mol. The SMILES string of the molecule is N=C(N)n1[nH]c(-c2ccc([N+](=O)[O-])cc2)cc1=O.NC(=S)n1[nH]c(-c2ccc([N+](=O)[O-])cc2)cc1=O.O=c1[nH][nH]c(-c2ccc(C(F)(F)F)cc2)c1Cc1ccc(F)cc1.O=c1[nH][nH]c(-c2ccccc2)c1-c1ccccc1. The summed E-state index contributed by atoms with van der Waals surface area (Å²) in [6.45, 7) is 0. The van der Waals surface area contributed by atoms with Crippen molar-refractivity contribution in [1.82, 2.24) is 40.0 Å². The van der Waals surface area contributed by atoms with Gasteiger partial charge in [0.2, 0.25) is 5.96 Å². The lowest BCUT2D eigenvalue weighted by Crippen LogP contribution is -2.30. The number of nitro groups is 2. The van der Waals surface area contributed by atoms with Crippen molar-refractivity contribution in [3.63, 3.8) is 0 Å². The molecule has 6 aromatic carbocycles. The molecule has 10 aromatic rings. The molecule has 0 amide bonds. The number of nitro benzene ring substituents is 2. The number of nitrogens with two attached hydrogens (primary N) is 2. The Labute approximate surface area is 440 Å². The van der Waals surface area contributed by atoms with E-state index in [-0.39, 0.29) is 45.4 Å². The van der Waals surface area contributed by atoms with Crippen LogP contribution in [0.15, 0.2) is 189 Å². The van der Waals surface area contributed by atoms with E-state index in [2.05, 4.69) is 42.8 Å². The zero-order valence-corrected chi connectivity index (χ0v) is 40.8. The van der Waals surface area contributed by atoms with Crippen LogP contribution in [0.1, 0.15) is 16.7 Å². The minimum atomic E-state index is -4.42. The van der Waals surface area contributed by atoms with E-state index in [9.17, 15) is 57.0 Å². The van der Waals surface area contributed by atoms with Crippen molar-refractivity contribution in [2.24, 2.45) is 11.5 Å². The molecular formula is C52H41F4N13O8S. The Morgan fingerprint density at radius 1 is 0.564 bits per heavy atom. The summed E-state index contributed by atoms with van der Waals surface area (Å²) in [6.07, 6.45) is -4.18. The molecule has 21 nitrogen and oxygen atoms in total. The van der Waals surface area contributed by atoms with Gasteiger partial charge in [0.15, 0.2) is 5.11 Å². The highest BCUT2D eigenvalue weighted by Gasteiger charge is 2.30. The van der Waals surface area contributed by atoms with Crippen LogP contribution < -0.4 is 33.7 Å². The van der Waals surface area contributed by atoms with E-state index in [0.29, 0.717) is 44.9 Å². The van der Waals surface area contributed by atoms with E-state index in [1.54, 1.807) is 12.1 Å². The summed E-state index contributed by atoms with van der Waals surface area (Å²) in [4.78, 5) is 66.8. The second kappa shape index (κ2) is 24.1. The number of nitrogens with one attached hydrogen (secondary N) is 7. The molecule has 0 atom stereocenters. The summed E-state index contributed by atoms with van der Waals surface area (Å²) in [7, 11) is 0. The van der Waals surface area contributed by atoms with Gasteiger partial charge >= 0.3 is 6.18 Å². The van der Waals surface area contributed by atoms with E-state index in [0.717, 1.165) is 43.9 Å². The first-order valence-corrected chi connectivity index (χ1v) is 23.0. The number of H-pyrrole nitrogens is 6. The molecule has 0 spiro atoms. The number of aromatic amines is 6. The van der Waals surface area contributed by atoms with Crippen molar-refractivity contribution in [3.8, 4) is 56.2 Å². The minimum Gasteiger partial charge on any atom is -0.374 e. The maximum atomic E-state index is 13.0. The summed E-state index contributed by atoms with van der Waals surface area (Å²) in [5.74, 6) is -0.808. The molecular weight excluding hydrogens is 1040 g/mol. The second-order valence-electron chi connectivity index (χ2n) is 16.4. The Kier molecular flexibility index (Phi) is 17.0. The quantitative estimate of drug-likeness (QED) is 0.0165. The van der Waals surface area contributed by atoms with Gasteiger partial charge < -0.3 is 11.5 Å². The Morgan fingerprint density at radius 2 is 1.00 bits per heavy atom. The Hall–Kier alpha value is -10.8. The van der Waals surface area contributed by atoms with E-state index in [1.807, 2.05) is 60.7 Å². The van der Waals surface area contributed by atoms with Gasteiger partial charge in [0.25, 0.3) is 33.6 Å². The lowest BCUT2D eigenvalue weighted by Gasteiger charge is -2.08. The molecule has 0 radical (unpaired) electrons. The molecule has 0 aliphatic rings. The lowest BCUT2D eigenvalue weighted by atomic mass is 10.0. The molecule has 4 heterocycles. The number of halogens is 4. The van der Waals surface area contributed by atoms with Crippen molar-refractivity contribution in [2.45, 2.75) is 12.6 Å². The fraction of sp³-hybridized carbons (Fsp3) is 0.0385. The van der Waals surface area contributed by atoms with E-state index in [4.69, 9.17) is 16.9 Å². The van der Waals surface area contributed by atoms with Crippen LogP contribution in [0.3, 0.4) is 0 Å². The number of alkyl halides is 3. The molecule has 10 rings (SSSR count). The van der Waals surface area contributed by atoms with Crippen LogP contribution in [-0.2, 0) is 12.6 Å². The lowest BCUT2D eigenvalue weighted by molar-refractivity contribution is -0.385. The summed E-state index contributed by atoms with van der Waals surface area (Å²) in [5, 5.41) is 44.1. The molecule has 0 unspecified atom stereocenters. The van der Waals surface area contributed by atoms with Crippen LogP contribution in [0, 0.1) is 31.5 Å². The Morgan fingerprint density at radius 3 is 1.45 bits per heavy atom. The number of nitrogen functional groups attached to an aromatic ring is 1. The average molecular weight is 1080 g/mol. The summed E-state index contributed by atoms with van der Waals surface area (Å²) >= 11 is 4.69. The summed E-state index contributed by atoms with van der Waals surface area (Å²) in [6, 6.07) is 43.7. The van der Waals surface area contributed by atoms with Gasteiger partial charge in [0.1, 0.15) is 5.82 Å². The van der Waals surface area contributed by atoms with Gasteiger partial charge in [-0.15, -0.1) is 0 Å². The van der Waals surface area contributed by atoms with Crippen LogP contribution in [0.25, 0.3) is 56.2 Å². The van der Waals surface area contributed by atoms with Crippen LogP contribution in [0.4, 0.5) is 28.9 Å². The van der Waals surface area contributed by atoms with Crippen LogP contribution in [-0.4, -0.2) is 60.9 Å². The second-order valence-corrected chi connectivity index (χ2v) is 16.8. The molecule has 4 aromatic heterocycles.